The van der Waals surface area contributed by atoms with Gasteiger partial charge in [0.25, 0.3) is 0 Å². The first-order chi connectivity index (χ1) is 7.92. The Morgan fingerprint density at radius 2 is 1.62 bits per heavy atom. The molecule has 0 spiro atoms. The highest BCUT2D eigenvalue weighted by Gasteiger charge is 2.24. The highest BCUT2D eigenvalue weighted by atomic mass is 16.5. The molecule has 80 valence electrons. The molecule has 0 saturated heterocycles. The molecule has 2 aromatic rings. The van der Waals surface area contributed by atoms with Crippen molar-refractivity contribution in [3.63, 3.8) is 0 Å². The summed E-state index contributed by atoms with van der Waals surface area (Å²) in [6.07, 6.45) is 0. The van der Waals surface area contributed by atoms with E-state index < -0.39 is 0 Å². The van der Waals surface area contributed by atoms with Crippen molar-refractivity contribution in [1.82, 2.24) is 0 Å². The lowest BCUT2D eigenvalue weighted by molar-refractivity contribution is 0.202. The van der Waals surface area contributed by atoms with E-state index in [2.05, 4.69) is 18.2 Å². The van der Waals surface area contributed by atoms with Crippen LogP contribution in [0.2, 0.25) is 0 Å². The molecule has 0 atom stereocenters. The Labute approximate surface area is 94.1 Å². The molecule has 1 aliphatic rings. The van der Waals surface area contributed by atoms with Gasteiger partial charge in [-0.1, -0.05) is 36.4 Å². The number of benzene rings is 2. The zero-order chi connectivity index (χ0) is 11.0. The predicted octanol–water partition coefficient (Wildman–Crippen LogP) is 2.71. The monoisotopic (exact) mass is 212 g/mol. The molecule has 0 bridgehead atoms. The van der Waals surface area contributed by atoms with Crippen molar-refractivity contribution < 1.29 is 9.84 Å². The molecule has 16 heavy (non-hydrogen) atoms. The molecule has 0 heterocycles. The summed E-state index contributed by atoms with van der Waals surface area (Å²) in [6.45, 7) is 0.393. The lowest BCUT2D eigenvalue weighted by Gasteiger charge is -2.26. The molecular formula is C14H12O2. The third kappa shape index (κ3) is 1.24. The summed E-state index contributed by atoms with van der Waals surface area (Å²) >= 11 is 0. The number of hydrogen-bond acceptors (Lipinski definition) is 2. The fourth-order valence-corrected chi connectivity index (χ4v) is 2.18. The third-order valence-corrected chi connectivity index (χ3v) is 2.86. The molecule has 2 nitrogen and oxygen atoms in total. The van der Waals surface area contributed by atoms with Crippen LogP contribution in [0.3, 0.4) is 0 Å². The van der Waals surface area contributed by atoms with E-state index in [1.807, 2.05) is 24.3 Å². The minimum absolute atomic E-state index is 0.0469. The van der Waals surface area contributed by atoms with E-state index in [-0.39, 0.29) is 6.61 Å². The Morgan fingerprint density at radius 1 is 0.875 bits per heavy atom. The van der Waals surface area contributed by atoms with Crippen LogP contribution in [0, 0.1) is 0 Å². The number of ether oxygens (including phenoxy) is 1. The summed E-state index contributed by atoms with van der Waals surface area (Å²) in [7, 11) is 0. The van der Waals surface area contributed by atoms with E-state index in [9.17, 15) is 0 Å². The molecule has 1 aliphatic carbocycles. The van der Waals surface area contributed by atoms with E-state index in [4.69, 9.17) is 9.84 Å². The molecule has 3 rings (SSSR count). The summed E-state index contributed by atoms with van der Waals surface area (Å²) in [5.41, 5.74) is 4.94. The number of fused-ring (bicyclic) bond motifs is 4. The summed E-state index contributed by atoms with van der Waals surface area (Å²) in [5, 5.41) is 8.78. The van der Waals surface area contributed by atoms with Crippen LogP contribution in [0.25, 0.3) is 22.3 Å². The van der Waals surface area contributed by atoms with E-state index in [1.165, 1.54) is 22.3 Å². The van der Waals surface area contributed by atoms with Crippen molar-refractivity contribution in [3.05, 3.63) is 42.5 Å². The largest absolute Gasteiger partial charge is 0.491 e. The van der Waals surface area contributed by atoms with Crippen LogP contribution in [0.4, 0.5) is 0 Å². The van der Waals surface area contributed by atoms with Gasteiger partial charge in [-0.05, 0) is 22.8 Å². The van der Waals surface area contributed by atoms with E-state index >= 15 is 0 Å². The Morgan fingerprint density at radius 3 is 2.44 bits per heavy atom. The Bertz CT molecular complexity index is 532. The van der Waals surface area contributed by atoms with Crippen molar-refractivity contribution >= 4 is 0 Å². The maximum atomic E-state index is 8.78. The number of aliphatic hydroxyl groups excluding tert-OH is 1. The van der Waals surface area contributed by atoms with Crippen LogP contribution in [0.15, 0.2) is 42.5 Å². The lowest BCUT2D eigenvalue weighted by Crippen LogP contribution is -2.06. The standard InChI is InChI=1S/C14H12O2/c15-8-9-16-13-7-3-6-12-10-4-1-2-5-11(10)14(12)13/h1-7,15H,8-9H2. The first kappa shape index (κ1) is 9.43. The van der Waals surface area contributed by atoms with Gasteiger partial charge in [0, 0.05) is 5.56 Å². The summed E-state index contributed by atoms with van der Waals surface area (Å²) in [4.78, 5) is 0. The lowest BCUT2D eigenvalue weighted by atomic mass is 9.80. The number of rotatable bonds is 3. The zero-order valence-electron chi connectivity index (χ0n) is 8.81. The van der Waals surface area contributed by atoms with Crippen LogP contribution in [0.5, 0.6) is 5.75 Å². The van der Waals surface area contributed by atoms with Gasteiger partial charge in [0.15, 0.2) is 0 Å². The second kappa shape index (κ2) is 3.65. The third-order valence-electron chi connectivity index (χ3n) is 2.86. The molecular weight excluding hydrogens is 200 g/mol. The van der Waals surface area contributed by atoms with Gasteiger partial charge in [-0.15, -0.1) is 0 Å². The SMILES string of the molecule is OCCOc1cccc2c1-c1ccccc1-2. The van der Waals surface area contributed by atoms with Crippen molar-refractivity contribution in [2.24, 2.45) is 0 Å². The molecule has 1 N–H and O–H groups in total. The molecule has 0 fully saturated rings. The quantitative estimate of drug-likeness (QED) is 0.723. The van der Waals surface area contributed by atoms with Gasteiger partial charge in [0.1, 0.15) is 12.4 Å². The smallest absolute Gasteiger partial charge is 0.127 e. The molecule has 0 amide bonds. The molecule has 0 aromatic heterocycles. The van der Waals surface area contributed by atoms with Crippen LogP contribution >= 0.6 is 0 Å². The Balaban J connectivity index is 2.04. The zero-order valence-corrected chi connectivity index (χ0v) is 8.81. The minimum Gasteiger partial charge on any atom is -0.491 e. The molecule has 0 saturated carbocycles. The highest BCUT2D eigenvalue weighted by Crippen LogP contribution is 2.51. The van der Waals surface area contributed by atoms with E-state index in [0.717, 1.165) is 5.75 Å². The predicted molar refractivity (Wildman–Crippen MR) is 63.5 cm³/mol. The fourth-order valence-electron chi connectivity index (χ4n) is 2.18. The van der Waals surface area contributed by atoms with Gasteiger partial charge in [-0.2, -0.15) is 0 Å². The van der Waals surface area contributed by atoms with Crippen LogP contribution in [0.1, 0.15) is 0 Å². The van der Waals surface area contributed by atoms with Crippen molar-refractivity contribution in [2.45, 2.75) is 0 Å². The van der Waals surface area contributed by atoms with E-state index in [1.54, 1.807) is 0 Å². The second-order valence-corrected chi connectivity index (χ2v) is 3.80. The van der Waals surface area contributed by atoms with Gasteiger partial charge in [-0.3, -0.25) is 0 Å². The van der Waals surface area contributed by atoms with Gasteiger partial charge in [0.2, 0.25) is 0 Å². The topological polar surface area (TPSA) is 29.5 Å². The number of aliphatic hydroxyl groups is 1. The van der Waals surface area contributed by atoms with Crippen molar-refractivity contribution in [1.29, 1.82) is 0 Å². The van der Waals surface area contributed by atoms with Crippen molar-refractivity contribution in [3.8, 4) is 28.0 Å². The van der Waals surface area contributed by atoms with Crippen LogP contribution < -0.4 is 4.74 Å². The summed E-state index contributed by atoms with van der Waals surface area (Å²) in [5.74, 6) is 0.866. The molecule has 0 aliphatic heterocycles. The molecule has 2 heteroatoms. The van der Waals surface area contributed by atoms with Crippen molar-refractivity contribution in [2.75, 3.05) is 13.2 Å². The van der Waals surface area contributed by atoms with Crippen LogP contribution in [-0.4, -0.2) is 18.3 Å². The summed E-state index contributed by atoms with van der Waals surface area (Å²) < 4.78 is 5.52. The van der Waals surface area contributed by atoms with Crippen LogP contribution in [-0.2, 0) is 0 Å². The normalized spacial score (nSPS) is 11.3. The van der Waals surface area contributed by atoms with Gasteiger partial charge in [0.05, 0.1) is 6.61 Å². The summed E-state index contributed by atoms with van der Waals surface area (Å²) in [6, 6.07) is 14.3. The Kier molecular flexibility index (Phi) is 2.15. The van der Waals surface area contributed by atoms with E-state index in [0.29, 0.717) is 6.61 Å². The van der Waals surface area contributed by atoms with Gasteiger partial charge >= 0.3 is 0 Å². The van der Waals surface area contributed by atoms with Gasteiger partial charge in [-0.25, -0.2) is 0 Å². The molecule has 0 unspecified atom stereocenters. The first-order valence-corrected chi connectivity index (χ1v) is 5.38. The second-order valence-electron chi connectivity index (χ2n) is 3.80. The van der Waals surface area contributed by atoms with Gasteiger partial charge < -0.3 is 9.84 Å². The highest BCUT2D eigenvalue weighted by molar-refractivity contribution is 6.04. The average Bonchev–Trinajstić information content (AvgIpc) is 2.33. The molecule has 2 aromatic carbocycles. The Hall–Kier alpha value is -1.80. The average molecular weight is 212 g/mol. The maximum Gasteiger partial charge on any atom is 0.127 e. The maximum absolute atomic E-state index is 8.78. The number of hydrogen-bond donors (Lipinski definition) is 1. The first-order valence-electron chi connectivity index (χ1n) is 5.38. The minimum atomic E-state index is 0.0469. The molecule has 0 radical (unpaired) electrons. The fraction of sp³-hybridized carbons (Fsp3) is 0.143.